The Hall–Kier alpha value is -1.51. The average molecular weight is 365 g/mol. The maximum Gasteiger partial charge on any atom is 0.407 e. The van der Waals surface area contributed by atoms with Crippen molar-refractivity contribution >= 4 is 28.3 Å². The minimum atomic E-state index is -3.20. The third-order valence-corrected chi connectivity index (χ3v) is 4.64. The number of amides is 1. The molecule has 0 bridgehead atoms. The SMILES string of the molecule is CS(=O)(=O)c1ccc(OCC[C@@H]2CN(C(=O)O)CCN2)cc1.Cl. The second kappa shape index (κ2) is 8.37. The Morgan fingerprint density at radius 3 is 2.61 bits per heavy atom. The van der Waals surface area contributed by atoms with E-state index in [2.05, 4.69) is 5.32 Å². The van der Waals surface area contributed by atoms with E-state index >= 15 is 0 Å². The molecule has 1 heterocycles. The maximum atomic E-state index is 11.3. The van der Waals surface area contributed by atoms with Gasteiger partial charge in [0, 0.05) is 31.9 Å². The third-order valence-electron chi connectivity index (χ3n) is 3.51. The van der Waals surface area contributed by atoms with Crippen molar-refractivity contribution in [3.63, 3.8) is 0 Å². The third kappa shape index (κ3) is 5.89. The molecule has 2 rings (SSSR count). The fourth-order valence-corrected chi connectivity index (χ4v) is 2.93. The number of benzene rings is 1. The van der Waals surface area contributed by atoms with E-state index in [9.17, 15) is 13.2 Å². The van der Waals surface area contributed by atoms with Crippen LogP contribution in [0.5, 0.6) is 5.75 Å². The van der Waals surface area contributed by atoms with Crippen molar-refractivity contribution in [1.82, 2.24) is 10.2 Å². The van der Waals surface area contributed by atoms with Gasteiger partial charge in [-0.2, -0.15) is 0 Å². The summed E-state index contributed by atoms with van der Waals surface area (Å²) in [5.74, 6) is 0.596. The highest BCUT2D eigenvalue weighted by atomic mass is 35.5. The van der Waals surface area contributed by atoms with Crippen molar-refractivity contribution in [1.29, 1.82) is 0 Å². The number of halogens is 1. The van der Waals surface area contributed by atoms with Gasteiger partial charge in [-0.1, -0.05) is 0 Å². The zero-order valence-corrected chi connectivity index (χ0v) is 14.4. The van der Waals surface area contributed by atoms with Crippen LogP contribution in [0.15, 0.2) is 29.2 Å². The summed E-state index contributed by atoms with van der Waals surface area (Å²) in [6.45, 7) is 2.02. The molecule has 7 nitrogen and oxygen atoms in total. The lowest BCUT2D eigenvalue weighted by atomic mass is 10.1. The molecule has 1 aliphatic rings. The highest BCUT2D eigenvalue weighted by molar-refractivity contribution is 7.90. The smallest absolute Gasteiger partial charge is 0.407 e. The molecule has 2 N–H and O–H groups in total. The van der Waals surface area contributed by atoms with E-state index in [0.29, 0.717) is 38.4 Å². The molecule has 1 aliphatic heterocycles. The van der Waals surface area contributed by atoms with Gasteiger partial charge in [0.1, 0.15) is 5.75 Å². The first-order valence-corrected chi connectivity index (χ1v) is 8.89. The number of piperazine rings is 1. The van der Waals surface area contributed by atoms with E-state index < -0.39 is 15.9 Å². The van der Waals surface area contributed by atoms with Gasteiger partial charge in [-0.15, -0.1) is 12.4 Å². The average Bonchev–Trinajstić information content (AvgIpc) is 2.47. The van der Waals surface area contributed by atoms with Crippen LogP contribution in [-0.2, 0) is 9.84 Å². The zero-order chi connectivity index (χ0) is 16.2. The van der Waals surface area contributed by atoms with Gasteiger partial charge < -0.3 is 20.1 Å². The lowest BCUT2D eigenvalue weighted by Crippen LogP contribution is -2.52. The Bertz CT molecular complexity index is 621. The molecule has 0 saturated carbocycles. The number of sulfone groups is 1. The predicted octanol–water partition coefficient (Wildman–Crippen LogP) is 1.23. The summed E-state index contributed by atoms with van der Waals surface area (Å²) < 4.78 is 28.3. The second-order valence-corrected chi connectivity index (χ2v) is 7.28. The fourth-order valence-electron chi connectivity index (χ4n) is 2.29. The van der Waals surface area contributed by atoms with Crippen LogP contribution in [0, 0.1) is 0 Å². The minimum Gasteiger partial charge on any atom is -0.494 e. The van der Waals surface area contributed by atoms with Crippen LogP contribution in [0.1, 0.15) is 6.42 Å². The Morgan fingerprint density at radius 2 is 2.04 bits per heavy atom. The molecule has 1 fully saturated rings. The van der Waals surface area contributed by atoms with Crippen molar-refractivity contribution in [2.45, 2.75) is 17.4 Å². The lowest BCUT2D eigenvalue weighted by molar-refractivity contribution is 0.124. The number of carbonyl (C=O) groups is 1. The second-order valence-electron chi connectivity index (χ2n) is 5.26. The topological polar surface area (TPSA) is 95.9 Å². The largest absolute Gasteiger partial charge is 0.494 e. The van der Waals surface area contributed by atoms with Crippen molar-refractivity contribution in [3.8, 4) is 5.75 Å². The predicted molar refractivity (Wildman–Crippen MR) is 88.3 cm³/mol. The normalized spacial score (nSPS) is 18.1. The van der Waals surface area contributed by atoms with Crippen molar-refractivity contribution in [2.24, 2.45) is 0 Å². The molecule has 1 amide bonds. The first kappa shape index (κ1) is 19.5. The Kier molecular flexibility index (Phi) is 7.11. The number of nitrogens with one attached hydrogen (secondary N) is 1. The van der Waals surface area contributed by atoms with Gasteiger partial charge in [-0.3, -0.25) is 0 Å². The van der Waals surface area contributed by atoms with Crippen LogP contribution in [0.2, 0.25) is 0 Å². The first-order chi connectivity index (χ1) is 10.4. The quantitative estimate of drug-likeness (QED) is 0.815. The highest BCUT2D eigenvalue weighted by Gasteiger charge is 2.22. The van der Waals surface area contributed by atoms with Crippen LogP contribution in [0.4, 0.5) is 4.79 Å². The van der Waals surface area contributed by atoms with Gasteiger partial charge in [0.25, 0.3) is 0 Å². The lowest BCUT2D eigenvalue weighted by Gasteiger charge is -2.31. The summed E-state index contributed by atoms with van der Waals surface area (Å²) >= 11 is 0. The molecular formula is C14H21ClN2O5S. The standard InChI is InChI=1S/C14H20N2O5S.ClH/c1-22(19,20)13-4-2-12(3-5-13)21-9-6-11-10-16(14(17)18)8-7-15-11;/h2-5,11,15H,6-10H2,1H3,(H,17,18);1H/t11-;/m1./s1. The number of hydrogen-bond acceptors (Lipinski definition) is 5. The van der Waals surface area contributed by atoms with Crippen LogP contribution in [-0.4, -0.2) is 63.1 Å². The molecule has 130 valence electrons. The van der Waals surface area contributed by atoms with Gasteiger partial charge >= 0.3 is 6.09 Å². The van der Waals surface area contributed by atoms with Crippen LogP contribution in [0.25, 0.3) is 0 Å². The van der Waals surface area contributed by atoms with E-state index in [1.807, 2.05) is 0 Å². The van der Waals surface area contributed by atoms with E-state index in [1.165, 1.54) is 17.0 Å². The molecule has 0 aromatic heterocycles. The maximum absolute atomic E-state index is 11.3. The summed E-state index contributed by atoms with van der Waals surface area (Å²) in [5, 5.41) is 12.2. The van der Waals surface area contributed by atoms with Crippen molar-refractivity contribution in [2.75, 3.05) is 32.5 Å². The Balaban J connectivity index is 0.00000264. The summed E-state index contributed by atoms with van der Waals surface area (Å²) in [6.07, 6.45) is 0.937. The molecule has 1 saturated heterocycles. The molecule has 1 aromatic carbocycles. The summed E-state index contributed by atoms with van der Waals surface area (Å²) in [6, 6.07) is 6.33. The Morgan fingerprint density at radius 1 is 1.39 bits per heavy atom. The number of carboxylic acid groups (broad SMARTS) is 1. The number of hydrogen-bond donors (Lipinski definition) is 2. The van der Waals surface area contributed by atoms with E-state index in [-0.39, 0.29) is 23.3 Å². The molecule has 0 spiro atoms. The molecule has 0 unspecified atom stereocenters. The molecule has 9 heteroatoms. The van der Waals surface area contributed by atoms with Crippen LogP contribution >= 0.6 is 12.4 Å². The van der Waals surface area contributed by atoms with Gasteiger partial charge in [0.05, 0.1) is 11.5 Å². The molecule has 1 atom stereocenters. The molecule has 1 aromatic rings. The van der Waals surface area contributed by atoms with Crippen molar-refractivity contribution in [3.05, 3.63) is 24.3 Å². The fraction of sp³-hybridized carbons (Fsp3) is 0.500. The summed E-state index contributed by atoms with van der Waals surface area (Å²) in [5.41, 5.74) is 0. The monoisotopic (exact) mass is 364 g/mol. The van der Waals surface area contributed by atoms with E-state index in [4.69, 9.17) is 9.84 Å². The Labute approximate surface area is 142 Å². The van der Waals surface area contributed by atoms with Crippen LogP contribution < -0.4 is 10.1 Å². The number of ether oxygens (including phenoxy) is 1. The number of rotatable bonds is 5. The zero-order valence-electron chi connectivity index (χ0n) is 12.8. The molecule has 0 radical (unpaired) electrons. The molecule has 23 heavy (non-hydrogen) atoms. The molecular weight excluding hydrogens is 344 g/mol. The van der Waals surface area contributed by atoms with Crippen molar-refractivity contribution < 1.29 is 23.1 Å². The van der Waals surface area contributed by atoms with Gasteiger partial charge in [-0.05, 0) is 30.7 Å². The van der Waals surface area contributed by atoms with Gasteiger partial charge in [-0.25, -0.2) is 13.2 Å². The van der Waals surface area contributed by atoms with Gasteiger partial charge in [0.15, 0.2) is 9.84 Å². The minimum absolute atomic E-state index is 0. The van der Waals surface area contributed by atoms with E-state index in [1.54, 1.807) is 12.1 Å². The van der Waals surface area contributed by atoms with Crippen LogP contribution in [0.3, 0.4) is 0 Å². The first-order valence-electron chi connectivity index (χ1n) is 7.00. The molecule has 0 aliphatic carbocycles. The van der Waals surface area contributed by atoms with Gasteiger partial charge in [0.2, 0.25) is 0 Å². The summed E-state index contributed by atoms with van der Waals surface area (Å²) in [7, 11) is -3.20. The highest BCUT2D eigenvalue weighted by Crippen LogP contribution is 2.16. The number of nitrogens with zero attached hydrogens (tertiary/aromatic N) is 1. The van der Waals surface area contributed by atoms with E-state index in [0.717, 1.165) is 6.26 Å². The summed E-state index contributed by atoms with van der Waals surface area (Å²) in [4.78, 5) is 12.6.